The Kier molecular flexibility index (Phi) is 4.87. The topological polar surface area (TPSA) is 24.1 Å². The molecule has 1 aliphatic carbocycles. The third-order valence-electron chi connectivity index (χ3n) is 4.77. The van der Waals surface area contributed by atoms with Gasteiger partial charge in [-0.25, -0.2) is 0 Å². The summed E-state index contributed by atoms with van der Waals surface area (Å²) in [6, 6.07) is 1.49. The average molecular weight is 238 g/mol. The van der Waals surface area contributed by atoms with Gasteiger partial charge in [0.15, 0.2) is 0 Å². The predicted molar refractivity (Wildman–Crippen MR) is 74.2 cm³/mol. The van der Waals surface area contributed by atoms with E-state index in [4.69, 9.17) is 0 Å². The first-order chi connectivity index (χ1) is 8.16. The van der Waals surface area contributed by atoms with E-state index >= 15 is 0 Å². The van der Waals surface area contributed by atoms with Crippen molar-refractivity contribution in [2.45, 2.75) is 65.0 Å². The number of rotatable bonds is 3. The van der Waals surface area contributed by atoms with Crippen LogP contribution < -0.4 is 10.6 Å². The first-order valence-electron chi connectivity index (χ1n) is 7.63. The molecular weight excluding hydrogens is 208 g/mol. The fourth-order valence-electron chi connectivity index (χ4n) is 3.69. The van der Waals surface area contributed by atoms with Crippen LogP contribution in [0.2, 0.25) is 0 Å². The maximum Gasteiger partial charge on any atom is 0.0195 e. The van der Waals surface area contributed by atoms with Gasteiger partial charge in [-0.3, -0.25) is 0 Å². The molecule has 1 saturated carbocycles. The molecule has 100 valence electrons. The molecule has 2 fully saturated rings. The highest BCUT2D eigenvalue weighted by Gasteiger charge is 2.32. The van der Waals surface area contributed by atoms with Crippen LogP contribution in [0.3, 0.4) is 0 Å². The van der Waals surface area contributed by atoms with Crippen molar-refractivity contribution >= 4 is 0 Å². The van der Waals surface area contributed by atoms with Gasteiger partial charge in [-0.1, -0.05) is 27.2 Å². The maximum atomic E-state index is 3.96. The van der Waals surface area contributed by atoms with Crippen molar-refractivity contribution in [1.29, 1.82) is 0 Å². The number of piperidine rings is 1. The molecule has 2 heteroatoms. The SMILES string of the molecule is CC1CCC(C(C)C)C(NC2CCCNC2)C1. The second-order valence-corrected chi connectivity index (χ2v) is 6.64. The van der Waals surface area contributed by atoms with Crippen molar-refractivity contribution in [3.63, 3.8) is 0 Å². The highest BCUT2D eigenvalue weighted by atomic mass is 15.0. The van der Waals surface area contributed by atoms with Crippen LogP contribution in [0.4, 0.5) is 0 Å². The van der Waals surface area contributed by atoms with Gasteiger partial charge in [-0.15, -0.1) is 0 Å². The molecule has 2 nitrogen and oxygen atoms in total. The van der Waals surface area contributed by atoms with Crippen molar-refractivity contribution < 1.29 is 0 Å². The van der Waals surface area contributed by atoms with Crippen molar-refractivity contribution in [2.75, 3.05) is 13.1 Å². The highest BCUT2D eigenvalue weighted by Crippen LogP contribution is 2.33. The normalized spacial score (nSPS) is 39.5. The molecule has 1 heterocycles. The summed E-state index contributed by atoms with van der Waals surface area (Å²) >= 11 is 0. The van der Waals surface area contributed by atoms with Crippen molar-refractivity contribution in [3.8, 4) is 0 Å². The van der Waals surface area contributed by atoms with Gasteiger partial charge in [0, 0.05) is 18.6 Å². The number of nitrogens with one attached hydrogen (secondary N) is 2. The molecule has 17 heavy (non-hydrogen) atoms. The lowest BCUT2D eigenvalue weighted by atomic mass is 9.73. The van der Waals surface area contributed by atoms with Crippen molar-refractivity contribution in [2.24, 2.45) is 17.8 Å². The molecule has 0 aromatic carbocycles. The Morgan fingerprint density at radius 2 is 2.00 bits per heavy atom. The lowest BCUT2D eigenvalue weighted by Gasteiger charge is -2.40. The van der Waals surface area contributed by atoms with Gasteiger partial charge < -0.3 is 10.6 Å². The third kappa shape index (κ3) is 3.69. The van der Waals surface area contributed by atoms with Crippen LogP contribution in [0.15, 0.2) is 0 Å². The lowest BCUT2D eigenvalue weighted by molar-refractivity contribution is 0.153. The Balaban J connectivity index is 1.89. The monoisotopic (exact) mass is 238 g/mol. The quantitative estimate of drug-likeness (QED) is 0.790. The highest BCUT2D eigenvalue weighted by molar-refractivity contribution is 4.89. The fraction of sp³-hybridized carbons (Fsp3) is 1.00. The molecule has 1 saturated heterocycles. The smallest absolute Gasteiger partial charge is 0.0195 e. The molecule has 0 radical (unpaired) electrons. The summed E-state index contributed by atoms with van der Waals surface area (Å²) in [4.78, 5) is 0. The van der Waals surface area contributed by atoms with Gasteiger partial charge in [0.05, 0.1) is 0 Å². The summed E-state index contributed by atoms with van der Waals surface area (Å²) in [5.74, 6) is 2.64. The van der Waals surface area contributed by atoms with Gasteiger partial charge in [0.2, 0.25) is 0 Å². The Morgan fingerprint density at radius 1 is 1.18 bits per heavy atom. The molecule has 2 rings (SSSR count). The first kappa shape index (κ1) is 13.4. The first-order valence-corrected chi connectivity index (χ1v) is 7.63. The van der Waals surface area contributed by atoms with Crippen LogP contribution >= 0.6 is 0 Å². The Hall–Kier alpha value is -0.0800. The summed E-state index contributed by atoms with van der Waals surface area (Å²) in [6.07, 6.45) is 6.95. The van der Waals surface area contributed by atoms with E-state index in [1.165, 1.54) is 45.2 Å². The van der Waals surface area contributed by atoms with E-state index < -0.39 is 0 Å². The largest absolute Gasteiger partial charge is 0.315 e. The van der Waals surface area contributed by atoms with E-state index in [0.717, 1.165) is 29.8 Å². The zero-order valence-electron chi connectivity index (χ0n) is 11.8. The fourth-order valence-corrected chi connectivity index (χ4v) is 3.69. The summed E-state index contributed by atoms with van der Waals surface area (Å²) < 4.78 is 0. The predicted octanol–water partition coefficient (Wildman–Crippen LogP) is 2.79. The van der Waals surface area contributed by atoms with Crippen LogP contribution in [-0.4, -0.2) is 25.2 Å². The minimum atomic E-state index is 0.722. The van der Waals surface area contributed by atoms with Gasteiger partial charge in [0.1, 0.15) is 0 Å². The maximum absolute atomic E-state index is 3.96. The van der Waals surface area contributed by atoms with E-state index in [0.29, 0.717) is 0 Å². The molecule has 0 bridgehead atoms. The molecule has 0 aromatic heterocycles. The van der Waals surface area contributed by atoms with Gasteiger partial charge in [0.25, 0.3) is 0 Å². The second-order valence-electron chi connectivity index (χ2n) is 6.64. The third-order valence-corrected chi connectivity index (χ3v) is 4.77. The molecule has 2 N–H and O–H groups in total. The summed E-state index contributed by atoms with van der Waals surface area (Å²) in [6.45, 7) is 9.61. The van der Waals surface area contributed by atoms with E-state index in [1.807, 2.05) is 0 Å². The molecule has 4 unspecified atom stereocenters. The Labute approximate surface area is 107 Å². The van der Waals surface area contributed by atoms with Crippen LogP contribution in [-0.2, 0) is 0 Å². The Bertz CT molecular complexity index is 221. The van der Waals surface area contributed by atoms with E-state index in [2.05, 4.69) is 31.4 Å². The molecule has 1 aliphatic heterocycles. The standard InChI is InChI=1S/C15H30N2/c1-11(2)14-7-6-12(3)9-15(14)17-13-5-4-8-16-10-13/h11-17H,4-10H2,1-3H3. The van der Waals surface area contributed by atoms with Crippen LogP contribution in [0, 0.1) is 17.8 Å². The lowest BCUT2D eigenvalue weighted by Crippen LogP contribution is -2.52. The zero-order chi connectivity index (χ0) is 12.3. The van der Waals surface area contributed by atoms with Gasteiger partial charge in [-0.2, -0.15) is 0 Å². The zero-order valence-corrected chi connectivity index (χ0v) is 11.8. The van der Waals surface area contributed by atoms with E-state index in [9.17, 15) is 0 Å². The van der Waals surface area contributed by atoms with E-state index in [-0.39, 0.29) is 0 Å². The van der Waals surface area contributed by atoms with Crippen molar-refractivity contribution in [3.05, 3.63) is 0 Å². The van der Waals surface area contributed by atoms with Crippen LogP contribution in [0.25, 0.3) is 0 Å². The second kappa shape index (κ2) is 6.19. The minimum absolute atomic E-state index is 0.722. The molecule has 4 atom stereocenters. The number of hydrogen-bond acceptors (Lipinski definition) is 2. The van der Waals surface area contributed by atoms with Crippen molar-refractivity contribution in [1.82, 2.24) is 10.6 Å². The van der Waals surface area contributed by atoms with Crippen LogP contribution in [0.1, 0.15) is 52.9 Å². The van der Waals surface area contributed by atoms with Gasteiger partial charge >= 0.3 is 0 Å². The molecule has 0 amide bonds. The Morgan fingerprint density at radius 3 is 2.65 bits per heavy atom. The molecule has 0 aromatic rings. The summed E-state index contributed by atoms with van der Waals surface area (Å²) in [5, 5.41) is 7.47. The summed E-state index contributed by atoms with van der Waals surface area (Å²) in [7, 11) is 0. The number of hydrogen-bond donors (Lipinski definition) is 2. The average Bonchev–Trinajstić information content (AvgIpc) is 2.30. The molecular formula is C15H30N2. The molecule has 2 aliphatic rings. The summed E-state index contributed by atoms with van der Waals surface area (Å²) in [5.41, 5.74) is 0. The minimum Gasteiger partial charge on any atom is -0.315 e. The van der Waals surface area contributed by atoms with Gasteiger partial charge in [-0.05, 0) is 50.0 Å². The molecule has 0 spiro atoms. The van der Waals surface area contributed by atoms with E-state index in [1.54, 1.807) is 0 Å². The van der Waals surface area contributed by atoms with Crippen LogP contribution in [0.5, 0.6) is 0 Å².